The lowest BCUT2D eigenvalue weighted by Gasteiger charge is -2.22. The van der Waals surface area contributed by atoms with Crippen molar-refractivity contribution in [1.29, 1.82) is 0 Å². The molecule has 10 heteroatoms. The molecule has 1 aliphatic heterocycles. The molecule has 3 aromatic rings. The molecule has 30 heavy (non-hydrogen) atoms. The summed E-state index contributed by atoms with van der Waals surface area (Å²) in [5.74, 6) is -0.118. The van der Waals surface area contributed by atoms with Crippen molar-refractivity contribution in [3.8, 4) is 5.69 Å². The molecule has 1 saturated heterocycles. The minimum Gasteiger partial charge on any atom is -0.337 e. The van der Waals surface area contributed by atoms with E-state index in [9.17, 15) is 13.2 Å². The van der Waals surface area contributed by atoms with Crippen molar-refractivity contribution in [2.45, 2.75) is 18.2 Å². The van der Waals surface area contributed by atoms with Gasteiger partial charge in [-0.3, -0.25) is 4.79 Å². The highest BCUT2D eigenvalue weighted by atomic mass is 32.2. The molecule has 1 aromatic heterocycles. The molecule has 1 amide bonds. The molecule has 2 aromatic carbocycles. The normalized spacial score (nSPS) is 15.7. The molecule has 0 radical (unpaired) electrons. The Labute approximate surface area is 175 Å². The Balaban J connectivity index is 1.45. The first-order chi connectivity index (χ1) is 14.4. The molecule has 0 unspecified atom stereocenters. The van der Waals surface area contributed by atoms with Gasteiger partial charge in [-0.25, -0.2) is 13.1 Å². The Hall–Kier alpha value is -3.11. The molecule has 0 bridgehead atoms. The summed E-state index contributed by atoms with van der Waals surface area (Å²) in [6.07, 6.45) is 2.06. The lowest BCUT2D eigenvalue weighted by atomic mass is 10.1. The fourth-order valence-corrected chi connectivity index (χ4v) is 4.89. The Bertz CT molecular complexity index is 1110. The van der Waals surface area contributed by atoms with Gasteiger partial charge >= 0.3 is 0 Å². The van der Waals surface area contributed by atoms with E-state index in [4.69, 9.17) is 0 Å². The van der Waals surface area contributed by atoms with Gasteiger partial charge < -0.3 is 4.90 Å². The van der Waals surface area contributed by atoms with Crippen molar-refractivity contribution < 1.29 is 13.2 Å². The highest BCUT2D eigenvalue weighted by Crippen LogP contribution is 2.19. The zero-order valence-corrected chi connectivity index (χ0v) is 17.4. The molecular formula is C20H22N6O3S. The summed E-state index contributed by atoms with van der Waals surface area (Å²) in [5.41, 5.74) is 2.30. The van der Waals surface area contributed by atoms with Gasteiger partial charge in [0.15, 0.2) is 0 Å². The van der Waals surface area contributed by atoms with Crippen LogP contribution in [0.25, 0.3) is 5.69 Å². The molecule has 0 saturated carbocycles. The molecule has 1 aliphatic rings. The van der Waals surface area contributed by atoms with Crippen LogP contribution in [0, 0.1) is 6.92 Å². The van der Waals surface area contributed by atoms with Gasteiger partial charge in [0.1, 0.15) is 6.33 Å². The molecule has 0 N–H and O–H groups in total. The van der Waals surface area contributed by atoms with Crippen LogP contribution in [-0.2, 0) is 10.0 Å². The summed E-state index contributed by atoms with van der Waals surface area (Å²) in [5, 5.41) is 11.0. The van der Waals surface area contributed by atoms with Crippen molar-refractivity contribution in [2.24, 2.45) is 0 Å². The van der Waals surface area contributed by atoms with Crippen LogP contribution in [-0.4, -0.2) is 69.9 Å². The average Bonchev–Trinajstić information content (AvgIpc) is 3.17. The second-order valence-electron chi connectivity index (χ2n) is 7.16. The maximum atomic E-state index is 13.0. The number of tetrazole rings is 1. The van der Waals surface area contributed by atoms with Gasteiger partial charge in [0.05, 0.1) is 10.6 Å². The smallest absolute Gasteiger partial charge is 0.253 e. The Morgan fingerprint density at radius 1 is 0.933 bits per heavy atom. The lowest BCUT2D eigenvalue weighted by Crippen LogP contribution is -2.37. The van der Waals surface area contributed by atoms with E-state index in [1.165, 1.54) is 15.3 Å². The number of carbonyl (C=O) groups is 1. The van der Waals surface area contributed by atoms with E-state index in [1.807, 2.05) is 6.92 Å². The maximum Gasteiger partial charge on any atom is 0.253 e. The third-order valence-corrected chi connectivity index (χ3v) is 7.04. The van der Waals surface area contributed by atoms with Gasteiger partial charge in [0.2, 0.25) is 10.0 Å². The van der Waals surface area contributed by atoms with Crippen molar-refractivity contribution in [1.82, 2.24) is 29.4 Å². The zero-order chi connectivity index (χ0) is 21.1. The van der Waals surface area contributed by atoms with Crippen LogP contribution in [0.5, 0.6) is 0 Å². The first kappa shape index (κ1) is 20.2. The van der Waals surface area contributed by atoms with Gasteiger partial charge in [0, 0.05) is 31.7 Å². The summed E-state index contributed by atoms with van der Waals surface area (Å²) in [4.78, 5) is 14.9. The molecule has 4 rings (SSSR count). The lowest BCUT2D eigenvalue weighted by molar-refractivity contribution is 0.0764. The first-order valence-electron chi connectivity index (χ1n) is 9.65. The van der Waals surface area contributed by atoms with Crippen LogP contribution in [0.1, 0.15) is 22.3 Å². The number of aryl methyl sites for hydroxylation is 1. The minimum atomic E-state index is -3.57. The number of amides is 1. The molecule has 2 heterocycles. The second-order valence-corrected chi connectivity index (χ2v) is 9.10. The van der Waals surface area contributed by atoms with E-state index < -0.39 is 10.0 Å². The Morgan fingerprint density at radius 3 is 2.33 bits per heavy atom. The van der Waals surface area contributed by atoms with E-state index >= 15 is 0 Å². The predicted octanol–water partition coefficient (Wildman–Crippen LogP) is 1.51. The van der Waals surface area contributed by atoms with Crippen LogP contribution >= 0.6 is 0 Å². The average molecular weight is 427 g/mol. The molecule has 9 nitrogen and oxygen atoms in total. The van der Waals surface area contributed by atoms with Gasteiger partial charge in [-0.05, 0) is 60.2 Å². The summed E-state index contributed by atoms with van der Waals surface area (Å²) in [7, 11) is -3.57. The zero-order valence-electron chi connectivity index (χ0n) is 16.5. The third-order valence-electron chi connectivity index (χ3n) is 5.13. The number of hydrogen-bond acceptors (Lipinski definition) is 6. The van der Waals surface area contributed by atoms with Crippen LogP contribution in [0.15, 0.2) is 59.8 Å². The largest absolute Gasteiger partial charge is 0.337 e. The van der Waals surface area contributed by atoms with E-state index in [0.717, 1.165) is 11.3 Å². The van der Waals surface area contributed by atoms with Crippen LogP contribution in [0.4, 0.5) is 0 Å². The van der Waals surface area contributed by atoms with Gasteiger partial charge in [-0.1, -0.05) is 17.7 Å². The van der Waals surface area contributed by atoms with Crippen LogP contribution < -0.4 is 0 Å². The molecule has 0 spiro atoms. The number of nitrogens with zero attached hydrogens (tertiary/aromatic N) is 6. The summed E-state index contributed by atoms with van der Waals surface area (Å²) >= 11 is 0. The third kappa shape index (κ3) is 4.10. The van der Waals surface area contributed by atoms with Gasteiger partial charge in [-0.15, -0.1) is 5.10 Å². The number of benzene rings is 2. The second kappa shape index (κ2) is 8.33. The van der Waals surface area contributed by atoms with E-state index in [2.05, 4.69) is 15.5 Å². The number of rotatable bonds is 4. The predicted molar refractivity (Wildman–Crippen MR) is 110 cm³/mol. The fourth-order valence-electron chi connectivity index (χ4n) is 3.42. The van der Waals surface area contributed by atoms with E-state index in [1.54, 1.807) is 53.4 Å². The summed E-state index contributed by atoms with van der Waals surface area (Å²) in [6.45, 7) is 3.43. The highest BCUT2D eigenvalue weighted by molar-refractivity contribution is 7.89. The van der Waals surface area contributed by atoms with E-state index in [-0.39, 0.29) is 17.3 Å². The molecular weight excluding hydrogens is 404 g/mol. The molecule has 0 atom stereocenters. The maximum absolute atomic E-state index is 13.0. The number of aromatic nitrogens is 4. The van der Waals surface area contributed by atoms with Crippen molar-refractivity contribution in [2.75, 3.05) is 26.2 Å². The van der Waals surface area contributed by atoms with Crippen LogP contribution in [0.2, 0.25) is 0 Å². The van der Waals surface area contributed by atoms with Crippen LogP contribution in [0.3, 0.4) is 0 Å². The summed E-state index contributed by atoms with van der Waals surface area (Å²) < 4.78 is 28.9. The van der Waals surface area contributed by atoms with Crippen molar-refractivity contribution in [3.05, 3.63) is 66.0 Å². The van der Waals surface area contributed by atoms with Gasteiger partial charge in [0.25, 0.3) is 5.91 Å². The molecule has 0 aliphatic carbocycles. The number of hydrogen-bond donors (Lipinski definition) is 0. The van der Waals surface area contributed by atoms with Gasteiger partial charge in [-0.2, -0.15) is 4.31 Å². The van der Waals surface area contributed by atoms with Crippen molar-refractivity contribution >= 4 is 15.9 Å². The minimum absolute atomic E-state index is 0.118. The van der Waals surface area contributed by atoms with Crippen molar-refractivity contribution in [3.63, 3.8) is 0 Å². The molecule has 1 fully saturated rings. The highest BCUT2D eigenvalue weighted by Gasteiger charge is 2.28. The number of carbonyl (C=O) groups excluding carboxylic acids is 1. The number of sulfonamides is 1. The topological polar surface area (TPSA) is 101 Å². The Morgan fingerprint density at radius 2 is 1.67 bits per heavy atom. The Kier molecular flexibility index (Phi) is 5.60. The quantitative estimate of drug-likeness (QED) is 0.627. The fraction of sp³-hybridized carbons (Fsp3) is 0.300. The summed E-state index contributed by atoms with van der Waals surface area (Å²) in [6, 6.07) is 13.8. The molecule has 156 valence electrons. The first-order valence-corrected chi connectivity index (χ1v) is 11.1. The van der Waals surface area contributed by atoms with E-state index in [0.29, 0.717) is 31.6 Å². The SMILES string of the molecule is Cc1ccc(S(=O)(=O)N2CCCN(C(=O)c3ccc(-n4cnnn4)cc3)CC2)cc1. The monoisotopic (exact) mass is 426 g/mol. The standard InChI is InChI=1S/C20H22N6O3S/c1-16-3-9-19(10-4-16)30(28,29)25-12-2-11-24(13-14-25)20(27)17-5-7-18(8-6-17)26-15-21-22-23-26/h3-10,15H,2,11-14H2,1H3.